The SMILES string of the molecule is c1ccc(-c2ccc3c(c2)Oc2ccc(N(c4cccc5c4oc4cc(-c6ccccc6)ccc45)c4cccc5sc6ccccc6c45)c4cccc-3c24)cc1. The molecule has 0 unspecified atom stereocenters. The van der Waals surface area contributed by atoms with Gasteiger partial charge in [-0.3, -0.25) is 0 Å². The molecule has 1 aliphatic rings. The Hall–Kier alpha value is -7.14. The van der Waals surface area contributed by atoms with Crippen molar-refractivity contribution in [2.45, 2.75) is 0 Å². The molecule has 3 nitrogen and oxygen atoms in total. The van der Waals surface area contributed by atoms with Gasteiger partial charge in [-0.2, -0.15) is 0 Å². The second kappa shape index (κ2) is 12.2. The molecule has 0 N–H and O–H groups in total. The van der Waals surface area contributed by atoms with Gasteiger partial charge in [0.2, 0.25) is 0 Å². The standard InChI is InChI=1S/C52H31NO2S/c1-3-12-32(13-4-1)34-24-26-36-38-17-9-19-40-42(28-29-45(50(38)40)54-46(36)30-34)53(43-20-11-23-49-51(43)41-16-7-8-22-48(41)56-49)44-21-10-18-39-37-27-25-35(31-47(37)55-52(39)44)33-14-5-2-6-15-33/h1-31H. The highest BCUT2D eigenvalue weighted by molar-refractivity contribution is 7.26. The molecule has 9 aromatic carbocycles. The number of furan rings is 1. The van der Waals surface area contributed by atoms with E-state index in [9.17, 15) is 0 Å². The summed E-state index contributed by atoms with van der Waals surface area (Å²) in [4.78, 5) is 2.42. The lowest BCUT2D eigenvalue weighted by Gasteiger charge is -2.30. The summed E-state index contributed by atoms with van der Waals surface area (Å²) in [5, 5.41) is 6.85. The van der Waals surface area contributed by atoms with Crippen LogP contribution in [0.5, 0.6) is 11.5 Å². The number of rotatable bonds is 5. The van der Waals surface area contributed by atoms with Gasteiger partial charge in [0.05, 0.1) is 17.1 Å². The first-order valence-electron chi connectivity index (χ1n) is 18.9. The Bertz CT molecular complexity index is 3340. The first kappa shape index (κ1) is 31.2. The van der Waals surface area contributed by atoms with Gasteiger partial charge in [-0.05, 0) is 88.5 Å². The van der Waals surface area contributed by atoms with Crippen LogP contribution in [-0.2, 0) is 0 Å². The van der Waals surface area contributed by atoms with E-state index in [-0.39, 0.29) is 0 Å². The third-order valence-corrected chi connectivity index (χ3v) is 12.4. The number of benzene rings is 9. The highest BCUT2D eigenvalue weighted by atomic mass is 32.1. The second-order valence-corrected chi connectivity index (χ2v) is 15.5. The zero-order chi connectivity index (χ0) is 36.7. The van der Waals surface area contributed by atoms with Crippen LogP contribution < -0.4 is 9.64 Å². The molecular formula is C52H31NO2S. The van der Waals surface area contributed by atoms with Crippen LogP contribution in [-0.4, -0.2) is 0 Å². The van der Waals surface area contributed by atoms with Crippen molar-refractivity contribution in [2.24, 2.45) is 0 Å². The Morgan fingerprint density at radius 3 is 1.91 bits per heavy atom. The van der Waals surface area contributed by atoms with Gasteiger partial charge in [0.1, 0.15) is 17.1 Å². The molecule has 56 heavy (non-hydrogen) atoms. The van der Waals surface area contributed by atoms with E-state index in [4.69, 9.17) is 9.15 Å². The fourth-order valence-electron chi connectivity index (χ4n) is 8.72. The Kier molecular flexibility index (Phi) is 6.80. The maximum Gasteiger partial charge on any atom is 0.159 e. The van der Waals surface area contributed by atoms with E-state index in [1.54, 1.807) is 0 Å². The van der Waals surface area contributed by atoms with Crippen molar-refractivity contribution in [1.29, 1.82) is 0 Å². The molecule has 0 saturated carbocycles. The average molecular weight is 734 g/mol. The number of hydrogen-bond acceptors (Lipinski definition) is 4. The highest BCUT2D eigenvalue weighted by Crippen LogP contribution is 2.53. The van der Waals surface area contributed by atoms with E-state index in [2.05, 4.69) is 187 Å². The predicted molar refractivity (Wildman–Crippen MR) is 235 cm³/mol. The van der Waals surface area contributed by atoms with Crippen LogP contribution in [0.15, 0.2) is 192 Å². The van der Waals surface area contributed by atoms with E-state index in [0.29, 0.717) is 0 Å². The number of hydrogen-bond donors (Lipinski definition) is 0. The highest BCUT2D eigenvalue weighted by Gasteiger charge is 2.27. The predicted octanol–water partition coefficient (Wildman–Crippen LogP) is 15.7. The monoisotopic (exact) mass is 733 g/mol. The van der Waals surface area contributed by atoms with Crippen molar-refractivity contribution < 1.29 is 9.15 Å². The van der Waals surface area contributed by atoms with Crippen molar-refractivity contribution in [3.8, 4) is 44.9 Å². The smallest absolute Gasteiger partial charge is 0.159 e. The van der Waals surface area contributed by atoms with Gasteiger partial charge in [0.15, 0.2) is 5.58 Å². The number of thiophene rings is 1. The third kappa shape index (κ3) is 4.70. The van der Waals surface area contributed by atoms with Crippen LogP contribution in [0.1, 0.15) is 0 Å². The van der Waals surface area contributed by atoms with Crippen molar-refractivity contribution in [1.82, 2.24) is 0 Å². The molecule has 0 radical (unpaired) electrons. The van der Waals surface area contributed by atoms with Crippen LogP contribution in [0.4, 0.5) is 17.1 Å². The summed E-state index contributed by atoms with van der Waals surface area (Å²) in [7, 11) is 0. The maximum absolute atomic E-state index is 6.97. The van der Waals surface area contributed by atoms with Gasteiger partial charge in [0, 0.05) is 47.3 Å². The number of fused-ring (bicyclic) bond motifs is 8. The lowest BCUT2D eigenvalue weighted by Crippen LogP contribution is -2.12. The molecule has 3 heterocycles. The number of para-hydroxylation sites is 1. The molecule has 0 aliphatic carbocycles. The molecule has 2 aromatic heterocycles. The lowest BCUT2D eigenvalue weighted by molar-refractivity contribution is 0.487. The summed E-state index contributed by atoms with van der Waals surface area (Å²) in [6, 6.07) is 67.0. The Labute approximate surface area is 326 Å². The first-order valence-corrected chi connectivity index (χ1v) is 19.7. The Morgan fingerprint density at radius 1 is 0.375 bits per heavy atom. The van der Waals surface area contributed by atoms with E-state index in [0.717, 1.165) is 89.1 Å². The topological polar surface area (TPSA) is 25.6 Å². The molecule has 11 aromatic rings. The van der Waals surface area contributed by atoms with Crippen LogP contribution in [0.2, 0.25) is 0 Å². The quantitative estimate of drug-likeness (QED) is 0.176. The zero-order valence-corrected chi connectivity index (χ0v) is 30.9. The van der Waals surface area contributed by atoms with E-state index >= 15 is 0 Å². The Balaban J connectivity index is 1.12. The minimum absolute atomic E-state index is 0.847. The van der Waals surface area contributed by atoms with Gasteiger partial charge in [0.25, 0.3) is 0 Å². The van der Waals surface area contributed by atoms with Gasteiger partial charge < -0.3 is 14.1 Å². The molecule has 0 bridgehead atoms. The summed E-state index contributed by atoms with van der Waals surface area (Å²) in [5.74, 6) is 1.72. The molecule has 0 saturated heterocycles. The fourth-order valence-corrected chi connectivity index (χ4v) is 9.85. The lowest BCUT2D eigenvalue weighted by atomic mass is 9.92. The molecule has 262 valence electrons. The normalized spacial score (nSPS) is 12.1. The number of nitrogens with zero attached hydrogens (tertiary/aromatic N) is 1. The summed E-state index contributed by atoms with van der Waals surface area (Å²) in [5.41, 5.74) is 11.7. The van der Waals surface area contributed by atoms with Gasteiger partial charge in [-0.1, -0.05) is 127 Å². The van der Waals surface area contributed by atoms with Crippen molar-refractivity contribution in [3.63, 3.8) is 0 Å². The molecule has 0 fully saturated rings. The summed E-state index contributed by atoms with van der Waals surface area (Å²) < 4.78 is 16.3. The first-order chi connectivity index (χ1) is 27.8. The maximum atomic E-state index is 6.97. The second-order valence-electron chi connectivity index (χ2n) is 14.4. The third-order valence-electron chi connectivity index (χ3n) is 11.3. The molecule has 0 atom stereocenters. The molecule has 4 heteroatoms. The molecule has 0 amide bonds. The molecular weight excluding hydrogens is 703 g/mol. The van der Waals surface area contributed by atoms with E-state index in [1.165, 1.54) is 25.7 Å². The largest absolute Gasteiger partial charge is 0.456 e. The van der Waals surface area contributed by atoms with Crippen LogP contribution in [0, 0.1) is 0 Å². The zero-order valence-electron chi connectivity index (χ0n) is 30.1. The minimum atomic E-state index is 0.847. The van der Waals surface area contributed by atoms with Crippen molar-refractivity contribution in [3.05, 3.63) is 188 Å². The summed E-state index contributed by atoms with van der Waals surface area (Å²) in [6.45, 7) is 0. The Morgan fingerprint density at radius 2 is 1.05 bits per heavy atom. The number of ether oxygens (including phenoxy) is 1. The van der Waals surface area contributed by atoms with Crippen LogP contribution >= 0.6 is 11.3 Å². The van der Waals surface area contributed by atoms with Gasteiger partial charge >= 0.3 is 0 Å². The van der Waals surface area contributed by atoms with Crippen LogP contribution in [0.3, 0.4) is 0 Å². The molecule has 0 spiro atoms. The molecule has 1 aliphatic heterocycles. The number of anilines is 3. The minimum Gasteiger partial charge on any atom is -0.456 e. The summed E-state index contributed by atoms with van der Waals surface area (Å²) >= 11 is 1.83. The van der Waals surface area contributed by atoms with Crippen molar-refractivity contribution >= 4 is 81.3 Å². The average Bonchev–Trinajstić information content (AvgIpc) is 3.84. The van der Waals surface area contributed by atoms with Crippen molar-refractivity contribution in [2.75, 3.05) is 4.90 Å². The fraction of sp³-hybridized carbons (Fsp3) is 0. The molecule has 12 rings (SSSR count). The van der Waals surface area contributed by atoms with Crippen LogP contribution in [0.25, 0.3) is 86.3 Å². The van der Waals surface area contributed by atoms with Gasteiger partial charge in [-0.15, -0.1) is 11.3 Å². The van der Waals surface area contributed by atoms with E-state index in [1.807, 2.05) is 17.4 Å². The summed E-state index contributed by atoms with van der Waals surface area (Å²) in [6.07, 6.45) is 0. The van der Waals surface area contributed by atoms with Gasteiger partial charge in [-0.25, -0.2) is 0 Å². The van der Waals surface area contributed by atoms with E-state index < -0.39 is 0 Å².